The third kappa shape index (κ3) is 9.87. The number of alkyl halides is 3. The molecule has 0 heterocycles. The van der Waals surface area contributed by atoms with Gasteiger partial charge in [-0.15, -0.1) is 0 Å². The smallest absolute Gasteiger partial charge is 0.350 e. The Balaban J connectivity index is 2.13. The van der Waals surface area contributed by atoms with E-state index in [1.807, 2.05) is 0 Å². The summed E-state index contributed by atoms with van der Waals surface area (Å²) in [7, 11) is -4.33. The lowest BCUT2D eigenvalue weighted by atomic mass is 10.0. The zero-order valence-electron chi connectivity index (χ0n) is 24.0. The zero-order chi connectivity index (χ0) is 32.2. The predicted octanol–water partition coefficient (Wildman–Crippen LogP) is 6.33. The van der Waals surface area contributed by atoms with Crippen LogP contribution in [0.3, 0.4) is 0 Å². The lowest BCUT2D eigenvalue weighted by Gasteiger charge is -2.35. The largest absolute Gasteiger partial charge is 0.416 e. The highest BCUT2D eigenvalue weighted by Crippen LogP contribution is 2.36. The van der Waals surface area contributed by atoms with E-state index < -0.39 is 57.4 Å². The Kier molecular flexibility index (Phi) is 10.8. The van der Waals surface area contributed by atoms with Crippen molar-refractivity contribution in [3.05, 3.63) is 99.5 Å². The van der Waals surface area contributed by atoms with Crippen molar-refractivity contribution in [2.75, 3.05) is 17.1 Å². The average molecular weight is 659 g/mol. The summed E-state index contributed by atoms with van der Waals surface area (Å²) in [5, 5.41) is 3.02. The molecule has 3 aromatic rings. The summed E-state index contributed by atoms with van der Waals surface area (Å²) in [6.07, 6.45) is -3.96. The van der Waals surface area contributed by atoms with Gasteiger partial charge in [-0.3, -0.25) is 13.9 Å². The van der Waals surface area contributed by atoms with E-state index >= 15 is 0 Å². The predicted molar refractivity (Wildman–Crippen MR) is 162 cm³/mol. The van der Waals surface area contributed by atoms with Crippen LogP contribution in [0.25, 0.3) is 0 Å². The van der Waals surface area contributed by atoms with Gasteiger partial charge < -0.3 is 10.2 Å². The van der Waals surface area contributed by atoms with Crippen LogP contribution in [-0.2, 0) is 38.8 Å². The van der Waals surface area contributed by atoms with Crippen LogP contribution < -0.4 is 9.62 Å². The fraction of sp³-hybridized carbons (Fsp3) is 0.333. The lowest BCUT2D eigenvalue weighted by Crippen LogP contribution is -2.56. The summed E-state index contributed by atoms with van der Waals surface area (Å²) in [6, 6.07) is 16.5. The van der Waals surface area contributed by atoms with E-state index in [0.717, 1.165) is 17.9 Å². The maximum Gasteiger partial charge on any atom is 0.416 e. The van der Waals surface area contributed by atoms with Crippen LogP contribution in [0.1, 0.15) is 37.5 Å². The number of halogens is 5. The summed E-state index contributed by atoms with van der Waals surface area (Å²) < 4.78 is 66.9. The first-order valence-electron chi connectivity index (χ1n) is 13.1. The molecule has 3 rings (SSSR count). The number of nitrogens with one attached hydrogen (secondary N) is 1. The van der Waals surface area contributed by atoms with Gasteiger partial charge in [-0.1, -0.05) is 65.7 Å². The Morgan fingerprint density at radius 1 is 0.907 bits per heavy atom. The highest BCUT2D eigenvalue weighted by Gasteiger charge is 2.36. The van der Waals surface area contributed by atoms with Crippen LogP contribution in [0.2, 0.25) is 10.0 Å². The van der Waals surface area contributed by atoms with Crippen LogP contribution in [-0.4, -0.2) is 49.5 Å². The molecule has 0 bridgehead atoms. The van der Waals surface area contributed by atoms with Crippen LogP contribution in [0, 0.1) is 0 Å². The highest BCUT2D eigenvalue weighted by atomic mass is 35.5. The van der Waals surface area contributed by atoms with Gasteiger partial charge in [0.15, 0.2) is 0 Å². The van der Waals surface area contributed by atoms with Crippen molar-refractivity contribution in [3.63, 3.8) is 0 Å². The second-order valence-corrected chi connectivity index (χ2v) is 13.8. The van der Waals surface area contributed by atoms with Gasteiger partial charge in [0.05, 0.1) is 22.5 Å². The molecular formula is C30H32Cl2F3N3O4S. The summed E-state index contributed by atoms with van der Waals surface area (Å²) in [6.45, 7) is 4.28. The summed E-state index contributed by atoms with van der Waals surface area (Å²) in [5.74, 6) is -1.33. The monoisotopic (exact) mass is 657 g/mol. The van der Waals surface area contributed by atoms with Crippen molar-refractivity contribution >= 4 is 50.7 Å². The minimum Gasteiger partial charge on any atom is -0.350 e. The lowest BCUT2D eigenvalue weighted by molar-refractivity contribution is -0.140. The van der Waals surface area contributed by atoms with E-state index in [1.54, 1.807) is 75.4 Å². The molecule has 0 radical (unpaired) electrons. The average Bonchev–Trinajstić information content (AvgIpc) is 2.89. The van der Waals surface area contributed by atoms with E-state index in [2.05, 4.69) is 5.32 Å². The first kappa shape index (κ1) is 34.2. The van der Waals surface area contributed by atoms with Gasteiger partial charge in [-0.25, -0.2) is 8.42 Å². The minimum absolute atomic E-state index is 0.0747. The maximum absolute atomic E-state index is 14.1. The molecule has 1 atom stereocenters. The van der Waals surface area contributed by atoms with Crippen molar-refractivity contribution in [2.45, 2.75) is 51.5 Å². The van der Waals surface area contributed by atoms with Gasteiger partial charge >= 0.3 is 6.18 Å². The molecule has 1 N–H and O–H groups in total. The summed E-state index contributed by atoms with van der Waals surface area (Å²) in [5.41, 5.74) is -1.02. The number of carbonyl (C=O) groups is 2. The molecule has 43 heavy (non-hydrogen) atoms. The standard InChI is InChI=1S/C30H32Cl2F3N3O4S/c1-29(2,3)36-28(40)26(16-20-8-6-5-7-9-20)37(18-21-10-13-23(31)14-11-21)27(39)19-38(43(4,41)42)25-17-22(30(33,34)35)12-15-24(25)32/h5-15,17,26H,16,18-19H2,1-4H3,(H,36,40)/t26-/m0/s1. The van der Waals surface area contributed by atoms with Crippen LogP contribution in [0.5, 0.6) is 0 Å². The Labute approximate surface area is 259 Å². The zero-order valence-corrected chi connectivity index (χ0v) is 26.3. The number of benzene rings is 3. The van der Waals surface area contributed by atoms with Crippen LogP contribution in [0.4, 0.5) is 18.9 Å². The van der Waals surface area contributed by atoms with E-state index in [4.69, 9.17) is 23.2 Å². The van der Waals surface area contributed by atoms with Gasteiger partial charge in [0.2, 0.25) is 21.8 Å². The van der Waals surface area contributed by atoms with Gasteiger partial charge in [-0.2, -0.15) is 13.2 Å². The molecule has 0 unspecified atom stereocenters. The van der Waals surface area contributed by atoms with Gasteiger partial charge in [0.1, 0.15) is 12.6 Å². The van der Waals surface area contributed by atoms with Crippen molar-refractivity contribution in [2.24, 2.45) is 0 Å². The van der Waals surface area contributed by atoms with Gasteiger partial charge in [0.25, 0.3) is 0 Å². The number of rotatable bonds is 10. The molecule has 0 aliphatic rings. The number of carbonyl (C=O) groups excluding carboxylic acids is 2. The summed E-state index contributed by atoms with van der Waals surface area (Å²) in [4.78, 5) is 29.0. The van der Waals surface area contributed by atoms with Crippen molar-refractivity contribution < 1.29 is 31.2 Å². The fourth-order valence-corrected chi connectivity index (χ4v) is 5.52. The molecule has 0 aliphatic carbocycles. The maximum atomic E-state index is 14.1. The van der Waals surface area contributed by atoms with E-state index in [-0.39, 0.29) is 18.0 Å². The number of sulfonamides is 1. The fourth-order valence-electron chi connectivity index (χ4n) is 4.27. The number of anilines is 1. The van der Waals surface area contributed by atoms with E-state index in [0.29, 0.717) is 27.0 Å². The highest BCUT2D eigenvalue weighted by molar-refractivity contribution is 7.92. The number of nitrogens with zero attached hydrogens (tertiary/aromatic N) is 2. The first-order chi connectivity index (χ1) is 19.8. The first-order valence-corrected chi connectivity index (χ1v) is 15.7. The normalized spacial score (nSPS) is 12.9. The van der Waals surface area contributed by atoms with E-state index in [9.17, 15) is 31.2 Å². The third-order valence-corrected chi connectivity index (χ3v) is 7.95. The van der Waals surface area contributed by atoms with E-state index in [1.165, 1.54) is 4.90 Å². The second kappa shape index (κ2) is 13.6. The van der Waals surface area contributed by atoms with Crippen molar-refractivity contribution in [1.82, 2.24) is 10.2 Å². The summed E-state index contributed by atoms with van der Waals surface area (Å²) >= 11 is 12.2. The van der Waals surface area contributed by atoms with Gasteiger partial charge in [0, 0.05) is 23.5 Å². The third-order valence-electron chi connectivity index (χ3n) is 6.26. The second-order valence-electron chi connectivity index (χ2n) is 11.0. The molecule has 0 aliphatic heterocycles. The Hall–Kier alpha value is -3.28. The molecular weight excluding hydrogens is 626 g/mol. The molecule has 3 aromatic carbocycles. The quantitative estimate of drug-likeness (QED) is 0.276. The molecule has 0 saturated carbocycles. The van der Waals surface area contributed by atoms with Gasteiger partial charge in [-0.05, 0) is 62.2 Å². The molecule has 2 amide bonds. The molecule has 13 heteroatoms. The Morgan fingerprint density at radius 2 is 1.51 bits per heavy atom. The molecule has 0 aromatic heterocycles. The number of amides is 2. The minimum atomic E-state index is -4.79. The van der Waals surface area contributed by atoms with Crippen LogP contribution >= 0.6 is 23.2 Å². The number of hydrogen-bond donors (Lipinski definition) is 1. The molecule has 232 valence electrons. The SMILES string of the molecule is CC(C)(C)NC(=O)[C@H](Cc1ccccc1)N(Cc1ccc(Cl)cc1)C(=O)CN(c1cc(C(F)(F)F)ccc1Cl)S(C)(=O)=O. The van der Waals surface area contributed by atoms with Crippen molar-refractivity contribution in [1.29, 1.82) is 0 Å². The Bertz CT molecular complexity index is 1550. The molecule has 7 nitrogen and oxygen atoms in total. The van der Waals surface area contributed by atoms with Crippen molar-refractivity contribution in [3.8, 4) is 0 Å². The molecule has 0 spiro atoms. The Morgan fingerprint density at radius 3 is 2.05 bits per heavy atom. The molecule has 0 fully saturated rings. The van der Waals surface area contributed by atoms with Crippen LogP contribution in [0.15, 0.2) is 72.8 Å². The number of hydrogen-bond acceptors (Lipinski definition) is 4. The molecule has 0 saturated heterocycles. The topological polar surface area (TPSA) is 86.8 Å².